The summed E-state index contributed by atoms with van der Waals surface area (Å²) in [6, 6.07) is 4.49. The first kappa shape index (κ1) is 13.4. The third-order valence-electron chi connectivity index (χ3n) is 3.72. The molecule has 0 saturated carbocycles. The van der Waals surface area contributed by atoms with E-state index in [4.69, 9.17) is 4.74 Å². The van der Waals surface area contributed by atoms with Gasteiger partial charge in [0.15, 0.2) is 0 Å². The average molecular weight is 244 g/mol. The summed E-state index contributed by atoms with van der Waals surface area (Å²) in [6.07, 6.45) is 8.83. The highest BCUT2D eigenvalue weighted by atomic mass is 16.5. The van der Waals surface area contributed by atoms with Crippen molar-refractivity contribution in [2.24, 2.45) is 0 Å². The van der Waals surface area contributed by atoms with E-state index in [1.54, 1.807) is 0 Å². The number of aryl methyl sites for hydroxylation is 3. The Balaban J connectivity index is 2.13. The molecule has 0 bridgehead atoms. The zero-order valence-electron chi connectivity index (χ0n) is 12.0. The van der Waals surface area contributed by atoms with Gasteiger partial charge in [0.05, 0.1) is 12.2 Å². The lowest BCUT2D eigenvalue weighted by atomic mass is 9.98. The van der Waals surface area contributed by atoms with Gasteiger partial charge in [-0.05, 0) is 63.6 Å². The lowest BCUT2D eigenvalue weighted by molar-refractivity contribution is -0.0137. The minimum absolute atomic E-state index is 0.300. The summed E-state index contributed by atoms with van der Waals surface area (Å²) in [6.45, 7) is 8.69. The van der Waals surface area contributed by atoms with Crippen LogP contribution in [0.25, 0.3) is 6.08 Å². The van der Waals surface area contributed by atoms with Crippen LogP contribution >= 0.6 is 0 Å². The minimum atomic E-state index is 0.300. The summed E-state index contributed by atoms with van der Waals surface area (Å²) >= 11 is 0. The molecule has 98 valence electrons. The predicted molar refractivity (Wildman–Crippen MR) is 77.9 cm³/mol. The molecule has 1 nitrogen and oxygen atoms in total. The van der Waals surface area contributed by atoms with E-state index >= 15 is 0 Å². The first-order valence-electron chi connectivity index (χ1n) is 6.98. The number of ether oxygens (including phenoxy) is 1. The highest BCUT2D eigenvalue weighted by molar-refractivity contribution is 5.58. The lowest BCUT2D eigenvalue weighted by Gasteiger charge is -2.25. The van der Waals surface area contributed by atoms with E-state index in [1.165, 1.54) is 35.1 Å². The van der Waals surface area contributed by atoms with Gasteiger partial charge in [-0.2, -0.15) is 0 Å². The van der Waals surface area contributed by atoms with Gasteiger partial charge in [-0.25, -0.2) is 0 Å². The van der Waals surface area contributed by atoms with Gasteiger partial charge in [0, 0.05) is 0 Å². The molecule has 2 atom stereocenters. The molecule has 1 heteroatoms. The molecule has 0 N–H and O–H groups in total. The highest BCUT2D eigenvalue weighted by Crippen LogP contribution is 2.22. The zero-order valence-corrected chi connectivity index (χ0v) is 12.0. The van der Waals surface area contributed by atoms with Gasteiger partial charge in [0.2, 0.25) is 0 Å². The smallest absolute Gasteiger partial charge is 0.0762 e. The molecule has 0 aliphatic carbocycles. The number of rotatable bonds is 2. The van der Waals surface area contributed by atoms with E-state index < -0.39 is 0 Å². The fraction of sp³-hybridized carbons (Fsp3) is 0.529. The van der Waals surface area contributed by atoms with Crippen LogP contribution in [0.3, 0.4) is 0 Å². The van der Waals surface area contributed by atoms with Gasteiger partial charge in [-0.1, -0.05) is 29.8 Å². The van der Waals surface area contributed by atoms with Crippen molar-refractivity contribution >= 4 is 6.08 Å². The molecule has 0 spiro atoms. The van der Waals surface area contributed by atoms with Crippen molar-refractivity contribution < 1.29 is 4.74 Å². The monoisotopic (exact) mass is 244 g/mol. The first-order valence-corrected chi connectivity index (χ1v) is 6.98. The molecular formula is C17H24O. The molecule has 1 aromatic carbocycles. The van der Waals surface area contributed by atoms with E-state index in [0.717, 1.165) is 6.42 Å². The largest absolute Gasteiger partial charge is 0.371 e. The zero-order chi connectivity index (χ0) is 13.1. The molecule has 0 amide bonds. The average Bonchev–Trinajstić information content (AvgIpc) is 2.27. The Morgan fingerprint density at radius 2 is 1.78 bits per heavy atom. The normalized spacial score (nSPS) is 24.7. The van der Waals surface area contributed by atoms with Crippen molar-refractivity contribution in [2.45, 2.75) is 59.2 Å². The summed E-state index contributed by atoms with van der Waals surface area (Å²) in [4.78, 5) is 0. The topological polar surface area (TPSA) is 9.23 Å². The van der Waals surface area contributed by atoms with Gasteiger partial charge >= 0.3 is 0 Å². The fourth-order valence-corrected chi connectivity index (χ4v) is 2.84. The van der Waals surface area contributed by atoms with Crippen LogP contribution in [0.2, 0.25) is 0 Å². The molecule has 1 aliphatic heterocycles. The Bertz CT molecular complexity index is 422. The van der Waals surface area contributed by atoms with Crippen LogP contribution < -0.4 is 0 Å². The summed E-state index contributed by atoms with van der Waals surface area (Å²) in [5.41, 5.74) is 5.40. The SMILES string of the molecule is Cc1cc(C)c(/C=C\[C@H]2CCC[C@@H](C)O2)c(C)c1. The summed E-state index contributed by atoms with van der Waals surface area (Å²) in [5, 5.41) is 0. The van der Waals surface area contributed by atoms with Crippen LogP contribution in [-0.4, -0.2) is 12.2 Å². The standard InChI is InChI=1S/C17H24O/c1-12-10-13(2)17(14(3)11-12)9-8-16-7-5-6-15(4)18-16/h8-11,15-16H,5-7H2,1-4H3/b9-8-/t15-,16-/m1/s1. The number of hydrogen-bond acceptors (Lipinski definition) is 1. The van der Waals surface area contributed by atoms with E-state index in [9.17, 15) is 0 Å². The maximum absolute atomic E-state index is 5.92. The van der Waals surface area contributed by atoms with E-state index in [2.05, 4.69) is 52.0 Å². The van der Waals surface area contributed by atoms with E-state index in [1.807, 2.05) is 0 Å². The van der Waals surface area contributed by atoms with Crippen molar-refractivity contribution in [1.82, 2.24) is 0 Å². The van der Waals surface area contributed by atoms with E-state index in [-0.39, 0.29) is 0 Å². The van der Waals surface area contributed by atoms with Crippen molar-refractivity contribution in [1.29, 1.82) is 0 Å². The molecule has 0 aromatic heterocycles. The second-order valence-electron chi connectivity index (χ2n) is 5.59. The van der Waals surface area contributed by atoms with Crippen molar-refractivity contribution in [3.8, 4) is 0 Å². The van der Waals surface area contributed by atoms with Gasteiger partial charge < -0.3 is 4.74 Å². The van der Waals surface area contributed by atoms with Crippen LogP contribution in [0, 0.1) is 20.8 Å². The maximum atomic E-state index is 5.92. The second kappa shape index (κ2) is 5.71. The third kappa shape index (κ3) is 3.23. The Labute approximate surface area is 111 Å². The number of hydrogen-bond donors (Lipinski definition) is 0. The maximum Gasteiger partial charge on any atom is 0.0762 e. The third-order valence-corrected chi connectivity index (χ3v) is 3.72. The van der Waals surface area contributed by atoms with Crippen LogP contribution in [0.15, 0.2) is 18.2 Å². The predicted octanol–water partition coefficient (Wildman–Crippen LogP) is 4.58. The quantitative estimate of drug-likeness (QED) is 0.739. The lowest BCUT2D eigenvalue weighted by Crippen LogP contribution is -2.23. The fourth-order valence-electron chi connectivity index (χ4n) is 2.84. The van der Waals surface area contributed by atoms with Crippen LogP contribution in [-0.2, 0) is 4.74 Å². The Morgan fingerprint density at radius 1 is 1.11 bits per heavy atom. The van der Waals surface area contributed by atoms with Crippen molar-refractivity contribution in [3.05, 3.63) is 40.5 Å². The van der Waals surface area contributed by atoms with Gasteiger partial charge in [-0.3, -0.25) is 0 Å². The highest BCUT2D eigenvalue weighted by Gasteiger charge is 2.16. The van der Waals surface area contributed by atoms with Crippen LogP contribution in [0.1, 0.15) is 48.4 Å². The van der Waals surface area contributed by atoms with Gasteiger partial charge in [0.25, 0.3) is 0 Å². The molecule has 0 radical (unpaired) electrons. The first-order chi connectivity index (χ1) is 8.56. The summed E-state index contributed by atoms with van der Waals surface area (Å²) < 4.78 is 5.92. The van der Waals surface area contributed by atoms with Gasteiger partial charge in [-0.15, -0.1) is 0 Å². The molecule has 2 rings (SSSR count). The van der Waals surface area contributed by atoms with Crippen molar-refractivity contribution in [2.75, 3.05) is 0 Å². The molecular weight excluding hydrogens is 220 g/mol. The molecule has 1 aromatic rings. The van der Waals surface area contributed by atoms with Crippen LogP contribution in [0.5, 0.6) is 0 Å². The summed E-state index contributed by atoms with van der Waals surface area (Å²) in [5.74, 6) is 0. The van der Waals surface area contributed by atoms with Gasteiger partial charge in [0.1, 0.15) is 0 Å². The molecule has 1 aliphatic rings. The molecule has 1 fully saturated rings. The van der Waals surface area contributed by atoms with Crippen LogP contribution in [0.4, 0.5) is 0 Å². The van der Waals surface area contributed by atoms with Crippen molar-refractivity contribution in [3.63, 3.8) is 0 Å². The molecule has 1 saturated heterocycles. The van der Waals surface area contributed by atoms with E-state index in [0.29, 0.717) is 12.2 Å². The number of benzene rings is 1. The Morgan fingerprint density at radius 3 is 2.39 bits per heavy atom. The summed E-state index contributed by atoms with van der Waals surface area (Å²) in [7, 11) is 0. The minimum Gasteiger partial charge on any atom is -0.371 e. The second-order valence-corrected chi connectivity index (χ2v) is 5.59. The molecule has 0 unspecified atom stereocenters. The Kier molecular flexibility index (Phi) is 4.23. The molecule has 1 heterocycles. The Hall–Kier alpha value is -1.08. The molecule has 18 heavy (non-hydrogen) atoms.